The minimum Gasteiger partial charge on any atom is -0.495 e. The number of urea groups is 1. The molecule has 11 nitrogen and oxygen atoms in total. The fraction of sp³-hybridized carbons (Fsp3) is 0.435. The number of carbonyl (C=O) groups excluding carboxylic acids is 3. The van der Waals surface area contributed by atoms with Gasteiger partial charge in [0.2, 0.25) is 15.9 Å². The number of nitrogens with zero attached hydrogens (tertiary/aromatic N) is 2. The average Bonchev–Trinajstić information content (AvgIpc) is 3.45. The number of imide groups is 1. The molecule has 2 aliphatic heterocycles. The highest BCUT2D eigenvalue weighted by Gasteiger charge is 2.54. The first-order chi connectivity index (χ1) is 17.3. The van der Waals surface area contributed by atoms with E-state index in [0.717, 1.165) is 28.2 Å². The summed E-state index contributed by atoms with van der Waals surface area (Å²) in [4.78, 5) is 41.0. The molecule has 13 heteroatoms. The Labute approximate surface area is 212 Å². The van der Waals surface area contributed by atoms with Gasteiger partial charge in [-0.2, -0.15) is 4.31 Å². The molecule has 1 spiro atoms. The summed E-state index contributed by atoms with van der Waals surface area (Å²) in [5, 5.41) is 7.32. The summed E-state index contributed by atoms with van der Waals surface area (Å²) in [6.45, 7) is 0.555. The molecule has 2 saturated heterocycles. The van der Waals surface area contributed by atoms with Gasteiger partial charge in [-0.3, -0.25) is 14.5 Å². The molecule has 1 atom stereocenters. The number of amides is 4. The monoisotopic (exact) mass is 534 g/mol. The maximum atomic E-state index is 13.4. The number of hydrogen-bond acceptors (Lipinski definition) is 8. The van der Waals surface area contributed by atoms with E-state index in [4.69, 9.17) is 9.47 Å². The molecule has 4 amide bonds. The van der Waals surface area contributed by atoms with Crippen LogP contribution in [-0.4, -0.2) is 75.4 Å². The zero-order valence-electron chi connectivity index (χ0n) is 19.6. The van der Waals surface area contributed by atoms with E-state index in [2.05, 4.69) is 10.6 Å². The Bertz CT molecular complexity index is 1320. The van der Waals surface area contributed by atoms with Crippen molar-refractivity contribution in [2.75, 3.05) is 45.3 Å². The molecule has 5 rings (SSSR count). The summed E-state index contributed by atoms with van der Waals surface area (Å²) in [5.41, 5.74) is -0.228. The van der Waals surface area contributed by atoms with E-state index in [-0.39, 0.29) is 29.4 Å². The van der Waals surface area contributed by atoms with E-state index in [0.29, 0.717) is 19.6 Å². The van der Waals surface area contributed by atoms with Crippen LogP contribution in [0.2, 0.25) is 0 Å². The van der Waals surface area contributed by atoms with Crippen LogP contribution in [0.15, 0.2) is 34.5 Å². The minimum atomic E-state index is -3.81. The molecule has 3 aliphatic rings. The van der Waals surface area contributed by atoms with Crippen LogP contribution in [0.25, 0.3) is 0 Å². The molecule has 0 radical (unpaired) electrons. The van der Waals surface area contributed by atoms with Crippen molar-refractivity contribution in [2.45, 2.75) is 29.7 Å². The molecule has 0 unspecified atom stereocenters. The molecular weight excluding hydrogens is 508 g/mol. The second-order valence-electron chi connectivity index (χ2n) is 8.76. The van der Waals surface area contributed by atoms with Gasteiger partial charge in [0, 0.05) is 23.5 Å². The number of fused-ring (bicyclic) bond motifs is 2. The number of morpholine rings is 1. The van der Waals surface area contributed by atoms with Gasteiger partial charge in [-0.25, -0.2) is 13.2 Å². The lowest BCUT2D eigenvalue weighted by Gasteiger charge is -2.31. The lowest BCUT2D eigenvalue weighted by Crippen LogP contribution is -2.46. The number of sulfonamides is 1. The second-order valence-corrected chi connectivity index (χ2v) is 11.7. The maximum Gasteiger partial charge on any atom is 0.325 e. The molecule has 3 heterocycles. The Balaban J connectivity index is 1.35. The molecule has 36 heavy (non-hydrogen) atoms. The summed E-state index contributed by atoms with van der Waals surface area (Å²) < 4.78 is 37.9. The highest BCUT2D eigenvalue weighted by atomic mass is 32.2. The van der Waals surface area contributed by atoms with Crippen molar-refractivity contribution in [3.63, 3.8) is 0 Å². The van der Waals surface area contributed by atoms with Crippen LogP contribution in [0.3, 0.4) is 0 Å². The van der Waals surface area contributed by atoms with Crippen molar-refractivity contribution < 1.29 is 32.3 Å². The van der Waals surface area contributed by atoms with Gasteiger partial charge in [0.1, 0.15) is 17.8 Å². The van der Waals surface area contributed by atoms with E-state index in [1.54, 1.807) is 11.3 Å². The van der Waals surface area contributed by atoms with E-state index in [9.17, 15) is 22.8 Å². The lowest BCUT2D eigenvalue weighted by molar-refractivity contribution is -0.134. The number of benzene rings is 1. The number of methoxy groups -OCH3 is 1. The molecule has 1 aliphatic carbocycles. The number of aryl methyl sites for hydroxylation is 1. The van der Waals surface area contributed by atoms with Crippen LogP contribution in [0.5, 0.6) is 5.75 Å². The predicted octanol–water partition coefficient (Wildman–Crippen LogP) is 1.50. The summed E-state index contributed by atoms with van der Waals surface area (Å²) in [6, 6.07) is 5.39. The zero-order chi connectivity index (χ0) is 25.5. The third-order valence-corrected chi connectivity index (χ3v) is 9.57. The largest absolute Gasteiger partial charge is 0.495 e. The number of thiophene rings is 1. The number of hydrogen-bond donors (Lipinski definition) is 2. The average molecular weight is 535 g/mol. The van der Waals surface area contributed by atoms with Gasteiger partial charge >= 0.3 is 6.03 Å². The molecule has 2 aromatic rings. The third kappa shape index (κ3) is 4.15. The molecule has 0 bridgehead atoms. The van der Waals surface area contributed by atoms with Crippen molar-refractivity contribution in [1.29, 1.82) is 0 Å². The van der Waals surface area contributed by atoms with Gasteiger partial charge < -0.3 is 20.1 Å². The number of nitrogens with one attached hydrogen (secondary N) is 2. The van der Waals surface area contributed by atoms with Gasteiger partial charge in [0.05, 0.1) is 30.9 Å². The lowest BCUT2D eigenvalue weighted by atomic mass is 9.80. The number of carbonyl (C=O) groups is 3. The van der Waals surface area contributed by atoms with Crippen LogP contribution in [-0.2, 0) is 36.3 Å². The van der Waals surface area contributed by atoms with Crippen LogP contribution >= 0.6 is 11.3 Å². The summed E-state index contributed by atoms with van der Waals surface area (Å²) >= 11 is 1.55. The van der Waals surface area contributed by atoms with Crippen molar-refractivity contribution in [1.82, 2.24) is 14.5 Å². The zero-order valence-corrected chi connectivity index (χ0v) is 21.2. The van der Waals surface area contributed by atoms with Crippen molar-refractivity contribution in [3.8, 4) is 5.75 Å². The fourth-order valence-corrected chi connectivity index (χ4v) is 7.33. The Hall–Kier alpha value is -3.00. The highest BCUT2D eigenvalue weighted by Crippen LogP contribution is 2.42. The Morgan fingerprint density at radius 2 is 2.03 bits per heavy atom. The Morgan fingerprint density at radius 1 is 1.25 bits per heavy atom. The van der Waals surface area contributed by atoms with E-state index < -0.39 is 40.0 Å². The molecule has 192 valence electrons. The summed E-state index contributed by atoms with van der Waals surface area (Å²) in [6.07, 6.45) is 2.07. The van der Waals surface area contributed by atoms with E-state index in [1.807, 2.05) is 11.4 Å². The van der Waals surface area contributed by atoms with Crippen LogP contribution in [0.4, 0.5) is 10.5 Å². The topological polar surface area (TPSA) is 134 Å². The molecule has 1 aromatic carbocycles. The second kappa shape index (κ2) is 9.47. The molecule has 1 aromatic heterocycles. The number of anilines is 1. The number of ether oxygens (including phenoxy) is 2. The molecular formula is C23H26N4O7S2. The fourth-order valence-electron chi connectivity index (χ4n) is 4.90. The molecule has 0 saturated carbocycles. The SMILES string of the molecule is COc1ccc(S(=O)(=O)N2CCOCC2)cc1NC(=O)CN1C(=O)N[C@]2(CCCc3sccc32)C1=O. The van der Waals surface area contributed by atoms with E-state index in [1.165, 1.54) is 29.6 Å². The first kappa shape index (κ1) is 24.7. The Morgan fingerprint density at radius 3 is 2.78 bits per heavy atom. The highest BCUT2D eigenvalue weighted by molar-refractivity contribution is 7.89. The summed E-state index contributed by atoms with van der Waals surface area (Å²) in [5.74, 6) is -0.873. The third-order valence-electron chi connectivity index (χ3n) is 6.69. The predicted molar refractivity (Wildman–Crippen MR) is 130 cm³/mol. The number of rotatable bonds is 6. The minimum absolute atomic E-state index is 0.0124. The van der Waals surface area contributed by atoms with Crippen molar-refractivity contribution in [3.05, 3.63) is 40.1 Å². The van der Waals surface area contributed by atoms with Crippen LogP contribution in [0, 0.1) is 0 Å². The van der Waals surface area contributed by atoms with Gasteiger partial charge in [-0.1, -0.05) is 0 Å². The van der Waals surface area contributed by atoms with Gasteiger partial charge in [0.25, 0.3) is 5.91 Å². The van der Waals surface area contributed by atoms with Crippen molar-refractivity contribution in [2.24, 2.45) is 0 Å². The quantitative estimate of drug-likeness (QED) is 0.537. The molecule has 2 N–H and O–H groups in total. The van der Waals surface area contributed by atoms with Gasteiger partial charge in [0.15, 0.2) is 0 Å². The van der Waals surface area contributed by atoms with Crippen LogP contribution in [0.1, 0.15) is 23.3 Å². The van der Waals surface area contributed by atoms with Crippen molar-refractivity contribution >= 4 is 44.9 Å². The maximum absolute atomic E-state index is 13.4. The normalized spacial score (nSPS) is 22.4. The van der Waals surface area contributed by atoms with Gasteiger partial charge in [-0.15, -0.1) is 11.3 Å². The first-order valence-corrected chi connectivity index (χ1v) is 13.8. The standard InChI is InChI=1S/C23H26N4O7S2/c1-33-18-5-4-15(36(31,32)26-8-10-34-11-9-26)13-17(18)24-20(28)14-27-21(29)23(25-22(27)30)7-2-3-19-16(23)6-12-35-19/h4-6,12-13H,2-3,7-11,14H2,1H3,(H,24,28)(H,25,30)/t23-/m0/s1. The smallest absolute Gasteiger partial charge is 0.325 e. The molecule has 2 fully saturated rings. The van der Waals surface area contributed by atoms with Crippen LogP contribution < -0.4 is 15.4 Å². The van der Waals surface area contributed by atoms with E-state index >= 15 is 0 Å². The van der Waals surface area contributed by atoms with Gasteiger partial charge in [-0.05, 0) is 48.9 Å². The Kier molecular flexibility index (Phi) is 6.49. The first-order valence-electron chi connectivity index (χ1n) is 11.5. The summed E-state index contributed by atoms with van der Waals surface area (Å²) in [7, 11) is -2.42.